The van der Waals surface area contributed by atoms with E-state index < -0.39 is 5.82 Å². The van der Waals surface area contributed by atoms with Crippen molar-refractivity contribution in [1.29, 1.82) is 0 Å². The Labute approximate surface area is 157 Å². The van der Waals surface area contributed by atoms with E-state index >= 15 is 0 Å². The van der Waals surface area contributed by atoms with Gasteiger partial charge in [0.1, 0.15) is 11.6 Å². The number of hydrogen-bond donors (Lipinski definition) is 1. The lowest BCUT2D eigenvalue weighted by Gasteiger charge is -2.33. The summed E-state index contributed by atoms with van der Waals surface area (Å²) >= 11 is 5.97. The molecule has 1 aliphatic heterocycles. The van der Waals surface area contributed by atoms with Gasteiger partial charge in [-0.05, 0) is 49.6 Å². The summed E-state index contributed by atoms with van der Waals surface area (Å²) in [4.78, 5) is 14.5. The van der Waals surface area contributed by atoms with E-state index in [9.17, 15) is 4.39 Å². The third kappa shape index (κ3) is 3.19. The number of aromatic amines is 1. The van der Waals surface area contributed by atoms with Crippen molar-refractivity contribution in [3.63, 3.8) is 0 Å². The molecule has 0 amide bonds. The molecule has 0 atom stereocenters. The SMILES string of the molecule is Cc1[nH]cnc1C1CCN(c2ncccc2-c2ccc(F)c(Cl)c2)CC1. The molecule has 1 fully saturated rings. The first kappa shape index (κ1) is 17.0. The quantitative estimate of drug-likeness (QED) is 0.709. The summed E-state index contributed by atoms with van der Waals surface area (Å²) in [6.07, 6.45) is 5.64. The number of halogens is 2. The minimum Gasteiger partial charge on any atom is -0.356 e. The van der Waals surface area contributed by atoms with Crippen molar-refractivity contribution in [3.8, 4) is 11.1 Å². The Morgan fingerprint density at radius 2 is 2.00 bits per heavy atom. The van der Waals surface area contributed by atoms with E-state index in [1.165, 1.54) is 11.8 Å². The van der Waals surface area contributed by atoms with Crippen LogP contribution in [0.25, 0.3) is 11.1 Å². The highest BCUT2D eigenvalue weighted by molar-refractivity contribution is 6.31. The number of piperidine rings is 1. The number of nitrogens with zero attached hydrogens (tertiary/aromatic N) is 3. The maximum absolute atomic E-state index is 13.5. The average molecular weight is 371 g/mol. The standard InChI is InChI=1S/C20H20ClFN4/c1-13-19(25-12-24-13)14-6-9-26(10-7-14)20-16(3-2-8-23-20)15-4-5-18(22)17(21)11-15/h2-5,8,11-12,14H,6-7,9-10H2,1H3,(H,24,25). The zero-order valence-corrected chi connectivity index (χ0v) is 15.3. The van der Waals surface area contributed by atoms with Gasteiger partial charge in [-0.1, -0.05) is 17.7 Å². The lowest BCUT2D eigenvalue weighted by Crippen LogP contribution is -2.34. The summed E-state index contributed by atoms with van der Waals surface area (Å²) < 4.78 is 13.5. The Morgan fingerprint density at radius 3 is 2.69 bits per heavy atom. The van der Waals surface area contributed by atoms with E-state index in [0.717, 1.165) is 48.6 Å². The number of pyridine rings is 1. The summed E-state index contributed by atoms with van der Waals surface area (Å²) in [5.41, 5.74) is 4.19. The normalized spacial score (nSPS) is 15.4. The molecule has 2 aromatic heterocycles. The van der Waals surface area contributed by atoms with E-state index in [4.69, 9.17) is 11.6 Å². The molecule has 0 saturated carbocycles. The number of hydrogen-bond acceptors (Lipinski definition) is 3. The Hall–Kier alpha value is -2.40. The van der Waals surface area contributed by atoms with Crippen molar-refractivity contribution in [3.05, 3.63) is 65.1 Å². The molecule has 4 rings (SSSR count). The summed E-state index contributed by atoms with van der Waals surface area (Å²) in [6, 6.07) is 8.73. The van der Waals surface area contributed by atoms with Crippen LogP contribution in [-0.2, 0) is 0 Å². The summed E-state index contributed by atoms with van der Waals surface area (Å²) in [5, 5.41) is 0.130. The maximum atomic E-state index is 13.5. The number of nitrogens with one attached hydrogen (secondary N) is 1. The maximum Gasteiger partial charge on any atom is 0.141 e. The predicted molar refractivity (Wildman–Crippen MR) is 102 cm³/mol. The minimum atomic E-state index is -0.406. The minimum absolute atomic E-state index is 0.130. The van der Waals surface area contributed by atoms with E-state index in [0.29, 0.717) is 5.92 Å². The van der Waals surface area contributed by atoms with E-state index in [2.05, 4.69) is 26.8 Å². The van der Waals surface area contributed by atoms with Crippen LogP contribution in [-0.4, -0.2) is 28.0 Å². The second-order valence-corrected chi connectivity index (χ2v) is 7.08. The van der Waals surface area contributed by atoms with Gasteiger partial charge in [-0.3, -0.25) is 0 Å². The van der Waals surface area contributed by atoms with Crippen LogP contribution in [0, 0.1) is 12.7 Å². The number of H-pyrrole nitrogens is 1. The molecule has 26 heavy (non-hydrogen) atoms. The largest absolute Gasteiger partial charge is 0.356 e. The van der Waals surface area contributed by atoms with Crippen LogP contribution in [0.15, 0.2) is 42.9 Å². The van der Waals surface area contributed by atoms with Gasteiger partial charge in [-0.25, -0.2) is 14.4 Å². The molecule has 1 aliphatic rings. The molecule has 1 saturated heterocycles. The zero-order valence-electron chi connectivity index (χ0n) is 14.5. The first-order valence-electron chi connectivity index (χ1n) is 8.78. The molecule has 6 heteroatoms. The van der Waals surface area contributed by atoms with Gasteiger partial charge in [0.25, 0.3) is 0 Å². The van der Waals surface area contributed by atoms with Crippen LogP contribution in [0.1, 0.15) is 30.1 Å². The Morgan fingerprint density at radius 1 is 1.19 bits per heavy atom. The molecule has 1 N–H and O–H groups in total. The summed E-state index contributed by atoms with van der Waals surface area (Å²) in [6.45, 7) is 3.90. The molecule has 3 heterocycles. The fourth-order valence-electron chi connectivity index (χ4n) is 3.68. The number of benzene rings is 1. The van der Waals surface area contributed by atoms with Crippen LogP contribution in [0.4, 0.5) is 10.2 Å². The van der Waals surface area contributed by atoms with E-state index in [1.54, 1.807) is 24.7 Å². The van der Waals surface area contributed by atoms with E-state index in [1.807, 2.05) is 12.1 Å². The van der Waals surface area contributed by atoms with Crippen molar-refractivity contribution >= 4 is 17.4 Å². The number of anilines is 1. The van der Waals surface area contributed by atoms with Gasteiger partial charge in [0.15, 0.2) is 0 Å². The van der Waals surface area contributed by atoms with Gasteiger partial charge >= 0.3 is 0 Å². The van der Waals surface area contributed by atoms with Crippen LogP contribution in [0.2, 0.25) is 5.02 Å². The topological polar surface area (TPSA) is 44.8 Å². The zero-order chi connectivity index (χ0) is 18.1. The van der Waals surface area contributed by atoms with Crippen molar-refractivity contribution in [2.45, 2.75) is 25.7 Å². The first-order valence-corrected chi connectivity index (χ1v) is 9.16. The molecule has 4 nitrogen and oxygen atoms in total. The number of rotatable bonds is 3. The highest BCUT2D eigenvalue weighted by Gasteiger charge is 2.25. The molecule has 1 aromatic carbocycles. The average Bonchev–Trinajstić information content (AvgIpc) is 3.10. The van der Waals surface area contributed by atoms with Crippen molar-refractivity contribution < 1.29 is 4.39 Å². The monoisotopic (exact) mass is 370 g/mol. The lowest BCUT2D eigenvalue weighted by atomic mass is 9.92. The molecule has 0 spiro atoms. The molecule has 134 valence electrons. The van der Waals surface area contributed by atoms with Gasteiger partial charge in [0, 0.05) is 36.5 Å². The molecular weight excluding hydrogens is 351 g/mol. The molecule has 0 bridgehead atoms. The predicted octanol–water partition coefficient (Wildman–Crippen LogP) is 4.96. The van der Waals surface area contributed by atoms with Crippen molar-refractivity contribution in [1.82, 2.24) is 15.0 Å². The molecule has 0 unspecified atom stereocenters. The molecule has 0 radical (unpaired) electrons. The second-order valence-electron chi connectivity index (χ2n) is 6.68. The van der Waals surface area contributed by atoms with Gasteiger partial charge in [-0.2, -0.15) is 0 Å². The highest BCUT2D eigenvalue weighted by atomic mass is 35.5. The molecule has 0 aliphatic carbocycles. The Bertz CT molecular complexity index is 916. The van der Waals surface area contributed by atoms with Crippen LogP contribution in [0.3, 0.4) is 0 Å². The van der Waals surface area contributed by atoms with Gasteiger partial charge in [0.2, 0.25) is 0 Å². The number of aryl methyl sites for hydroxylation is 1. The number of aromatic nitrogens is 3. The fourth-order valence-corrected chi connectivity index (χ4v) is 3.86. The summed E-state index contributed by atoms with van der Waals surface area (Å²) in [5.74, 6) is 0.994. The van der Waals surface area contributed by atoms with Gasteiger partial charge < -0.3 is 9.88 Å². The first-order chi connectivity index (χ1) is 12.6. The van der Waals surface area contributed by atoms with Crippen molar-refractivity contribution in [2.24, 2.45) is 0 Å². The smallest absolute Gasteiger partial charge is 0.141 e. The third-order valence-corrected chi connectivity index (χ3v) is 5.36. The lowest BCUT2D eigenvalue weighted by molar-refractivity contribution is 0.493. The Balaban J connectivity index is 1.58. The van der Waals surface area contributed by atoms with Crippen molar-refractivity contribution in [2.75, 3.05) is 18.0 Å². The second kappa shape index (κ2) is 7.08. The fraction of sp³-hybridized carbons (Fsp3) is 0.300. The number of imidazole rings is 1. The van der Waals surface area contributed by atoms with Gasteiger partial charge in [-0.15, -0.1) is 0 Å². The molecule has 3 aromatic rings. The Kier molecular flexibility index (Phi) is 4.64. The van der Waals surface area contributed by atoms with Crippen LogP contribution in [0.5, 0.6) is 0 Å². The van der Waals surface area contributed by atoms with Crippen LogP contribution >= 0.6 is 11.6 Å². The molecular formula is C20H20ClFN4. The van der Waals surface area contributed by atoms with Gasteiger partial charge in [0.05, 0.1) is 17.0 Å². The third-order valence-electron chi connectivity index (χ3n) is 5.07. The highest BCUT2D eigenvalue weighted by Crippen LogP contribution is 2.35. The summed E-state index contributed by atoms with van der Waals surface area (Å²) in [7, 11) is 0. The van der Waals surface area contributed by atoms with E-state index in [-0.39, 0.29) is 5.02 Å². The van der Waals surface area contributed by atoms with Crippen LogP contribution < -0.4 is 4.90 Å².